The van der Waals surface area contributed by atoms with Gasteiger partial charge in [0.1, 0.15) is 5.67 Å². The Kier molecular flexibility index (Phi) is 1.50. The van der Waals surface area contributed by atoms with Crippen LogP contribution in [0.5, 0.6) is 0 Å². The molecule has 1 saturated heterocycles. The van der Waals surface area contributed by atoms with Gasteiger partial charge in [0.2, 0.25) is 5.50 Å². The van der Waals surface area contributed by atoms with E-state index < -0.39 is 33.2 Å². The van der Waals surface area contributed by atoms with Gasteiger partial charge in [-0.1, -0.05) is 0 Å². The lowest BCUT2D eigenvalue weighted by atomic mass is 10.1. The highest BCUT2D eigenvalue weighted by molar-refractivity contribution is 7.92. The van der Waals surface area contributed by atoms with Gasteiger partial charge in [0.15, 0.2) is 9.84 Å². The lowest BCUT2D eigenvalue weighted by Crippen LogP contribution is -2.18. The maximum Gasteiger partial charge on any atom is 0.204 e. The quantitative estimate of drug-likeness (QED) is 0.539. The molecule has 5 heteroatoms. The third-order valence-corrected chi connectivity index (χ3v) is 3.43. The van der Waals surface area contributed by atoms with Crippen molar-refractivity contribution in [1.82, 2.24) is 0 Å². The van der Waals surface area contributed by atoms with Crippen LogP contribution in [0.25, 0.3) is 0 Å². The first kappa shape index (κ1) is 7.91. The van der Waals surface area contributed by atoms with Crippen LogP contribution in [-0.4, -0.2) is 25.3 Å². The van der Waals surface area contributed by atoms with E-state index in [9.17, 15) is 17.2 Å². The molecule has 0 aromatic carbocycles. The average Bonchev–Trinajstić information content (AvgIpc) is 1.73. The van der Waals surface area contributed by atoms with Crippen LogP contribution in [0.4, 0.5) is 8.78 Å². The molecular weight excluding hydrogens is 162 g/mol. The Bertz CT molecular complexity index is 232. The molecule has 1 aliphatic rings. The number of hydrogen-bond acceptors (Lipinski definition) is 2. The van der Waals surface area contributed by atoms with Crippen molar-refractivity contribution in [2.75, 3.05) is 5.75 Å². The van der Waals surface area contributed by atoms with Gasteiger partial charge in [-0.05, 0) is 6.92 Å². The molecule has 0 saturated carbocycles. The highest BCUT2D eigenvalue weighted by Gasteiger charge is 2.46. The monoisotopic (exact) mass is 170 g/mol. The van der Waals surface area contributed by atoms with Gasteiger partial charge >= 0.3 is 0 Å². The fourth-order valence-electron chi connectivity index (χ4n) is 1.03. The summed E-state index contributed by atoms with van der Waals surface area (Å²) in [4.78, 5) is 0. The zero-order chi connectivity index (χ0) is 7.99. The standard InChI is InChI=1S/C5H8F2O2S/c1-5(7)2-4(6)10(8,9)3-5/h4H,2-3H2,1H3. The molecular formula is C5H8F2O2S. The minimum atomic E-state index is -3.77. The SMILES string of the molecule is CC1(F)CC(F)S(=O)(=O)C1. The van der Waals surface area contributed by atoms with Gasteiger partial charge in [0.25, 0.3) is 0 Å². The lowest BCUT2D eigenvalue weighted by molar-refractivity contribution is 0.195. The first-order valence-corrected chi connectivity index (χ1v) is 4.60. The van der Waals surface area contributed by atoms with Crippen LogP contribution < -0.4 is 0 Å². The van der Waals surface area contributed by atoms with E-state index >= 15 is 0 Å². The summed E-state index contributed by atoms with van der Waals surface area (Å²) in [6.07, 6.45) is -0.519. The Morgan fingerprint density at radius 1 is 1.60 bits per heavy atom. The van der Waals surface area contributed by atoms with Crippen LogP contribution in [-0.2, 0) is 9.84 Å². The maximum atomic E-state index is 12.7. The van der Waals surface area contributed by atoms with Crippen molar-refractivity contribution in [3.05, 3.63) is 0 Å². The molecule has 2 atom stereocenters. The first-order valence-electron chi connectivity index (χ1n) is 2.88. The molecule has 1 fully saturated rings. The third kappa shape index (κ3) is 1.28. The molecule has 0 spiro atoms. The van der Waals surface area contributed by atoms with Crippen molar-refractivity contribution in [3.63, 3.8) is 0 Å². The predicted octanol–water partition coefficient (Wildman–Crippen LogP) is 0.829. The van der Waals surface area contributed by atoms with E-state index in [0.717, 1.165) is 6.92 Å². The molecule has 0 bridgehead atoms. The minimum Gasteiger partial charge on any atom is -0.243 e. The minimum absolute atomic E-state index is 0.519. The molecule has 0 aromatic rings. The maximum absolute atomic E-state index is 12.7. The molecule has 0 amide bonds. The van der Waals surface area contributed by atoms with Gasteiger partial charge in [-0.3, -0.25) is 0 Å². The van der Waals surface area contributed by atoms with Crippen molar-refractivity contribution in [2.45, 2.75) is 24.5 Å². The van der Waals surface area contributed by atoms with Crippen LogP contribution in [0.2, 0.25) is 0 Å². The van der Waals surface area contributed by atoms with Gasteiger partial charge in [0.05, 0.1) is 5.75 Å². The normalized spacial score (nSPS) is 45.7. The van der Waals surface area contributed by atoms with Gasteiger partial charge < -0.3 is 0 Å². The molecule has 10 heavy (non-hydrogen) atoms. The number of rotatable bonds is 0. The van der Waals surface area contributed by atoms with Gasteiger partial charge in [-0.15, -0.1) is 0 Å². The Labute approximate surface area is 58.1 Å². The molecule has 60 valence electrons. The Morgan fingerprint density at radius 3 is 2.20 bits per heavy atom. The van der Waals surface area contributed by atoms with Gasteiger partial charge in [-0.25, -0.2) is 17.2 Å². The Hall–Kier alpha value is -0.190. The fourth-order valence-corrected chi connectivity index (χ4v) is 2.77. The number of sulfone groups is 1. The molecule has 0 N–H and O–H groups in total. The van der Waals surface area contributed by atoms with E-state index in [2.05, 4.69) is 0 Å². The molecule has 1 aliphatic heterocycles. The van der Waals surface area contributed by atoms with E-state index in [1.54, 1.807) is 0 Å². The van der Waals surface area contributed by atoms with Crippen molar-refractivity contribution in [3.8, 4) is 0 Å². The summed E-state index contributed by atoms with van der Waals surface area (Å²) in [6.45, 7) is 1.10. The van der Waals surface area contributed by atoms with Crippen LogP contribution in [0, 0.1) is 0 Å². The van der Waals surface area contributed by atoms with Crippen molar-refractivity contribution >= 4 is 9.84 Å². The summed E-state index contributed by atoms with van der Waals surface area (Å²) < 4.78 is 46.2. The van der Waals surface area contributed by atoms with Crippen molar-refractivity contribution in [2.24, 2.45) is 0 Å². The van der Waals surface area contributed by atoms with E-state index in [1.165, 1.54) is 0 Å². The van der Waals surface area contributed by atoms with Crippen LogP contribution in [0.1, 0.15) is 13.3 Å². The van der Waals surface area contributed by atoms with Crippen LogP contribution >= 0.6 is 0 Å². The summed E-state index contributed by atoms with van der Waals surface area (Å²) in [7, 11) is -3.77. The molecule has 1 rings (SSSR count). The summed E-state index contributed by atoms with van der Waals surface area (Å²) in [5.41, 5.74) is -3.86. The summed E-state index contributed by atoms with van der Waals surface area (Å²) >= 11 is 0. The summed E-state index contributed by atoms with van der Waals surface area (Å²) in [6, 6.07) is 0. The molecule has 2 unspecified atom stereocenters. The second kappa shape index (κ2) is 1.90. The largest absolute Gasteiger partial charge is 0.243 e. The number of hydrogen-bond donors (Lipinski definition) is 0. The molecule has 0 aliphatic carbocycles. The highest BCUT2D eigenvalue weighted by Crippen LogP contribution is 2.32. The molecule has 0 radical (unpaired) electrons. The van der Waals surface area contributed by atoms with Crippen LogP contribution in [0.15, 0.2) is 0 Å². The smallest absolute Gasteiger partial charge is 0.204 e. The van der Waals surface area contributed by atoms with Gasteiger partial charge in [-0.2, -0.15) is 0 Å². The summed E-state index contributed by atoms with van der Waals surface area (Å²) in [5, 5.41) is 0. The first-order chi connectivity index (χ1) is 4.33. The van der Waals surface area contributed by atoms with E-state index in [4.69, 9.17) is 0 Å². The van der Waals surface area contributed by atoms with Gasteiger partial charge in [0, 0.05) is 6.42 Å². The number of alkyl halides is 2. The molecule has 2 nitrogen and oxygen atoms in total. The average molecular weight is 170 g/mol. The van der Waals surface area contributed by atoms with E-state index in [0.29, 0.717) is 0 Å². The molecule has 1 heterocycles. The molecule has 0 aromatic heterocycles. The second-order valence-electron chi connectivity index (χ2n) is 2.83. The fraction of sp³-hybridized carbons (Fsp3) is 1.00. The zero-order valence-electron chi connectivity index (χ0n) is 5.47. The van der Waals surface area contributed by atoms with Crippen molar-refractivity contribution < 1.29 is 17.2 Å². The topological polar surface area (TPSA) is 34.1 Å². The third-order valence-electron chi connectivity index (χ3n) is 1.48. The second-order valence-corrected chi connectivity index (χ2v) is 4.96. The lowest BCUT2D eigenvalue weighted by Gasteiger charge is -2.06. The zero-order valence-corrected chi connectivity index (χ0v) is 6.29. The number of halogens is 2. The Morgan fingerprint density at radius 2 is 2.10 bits per heavy atom. The van der Waals surface area contributed by atoms with Crippen molar-refractivity contribution in [1.29, 1.82) is 0 Å². The highest BCUT2D eigenvalue weighted by atomic mass is 32.2. The van der Waals surface area contributed by atoms with E-state index in [1.807, 2.05) is 0 Å². The summed E-state index contributed by atoms with van der Waals surface area (Å²) in [5.74, 6) is -0.679. The Balaban J connectivity index is 2.92. The van der Waals surface area contributed by atoms with E-state index in [-0.39, 0.29) is 0 Å². The predicted molar refractivity (Wildman–Crippen MR) is 32.8 cm³/mol. The van der Waals surface area contributed by atoms with Crippen LogP contribution in [0.3, 0.4) is 0 Å².